The molecule has 0 atom stereocenters. The molecule has 0 saturated heterocycles. The van der Waals surface area contributed by atoms with Crippen molar-refractivity contribution in [1.29, 1.82) is 0 Å². The number of nitrogens with zero attached hydrogens (tertiary/aromatic N) is 2. The van der Waals surface area contributed by atoms with Crippen LogP contribution in [0.15, 0.2) is 54.6 Å². The molecule has 0 fully saturated rings. The summed E-state index contributed by atoms with van der Waals surface area (Å²) in [5.41, 5.74) is 6.39. The first-order valence-corrected chi connectivity index (χ1v) is 9.65. The molecule has 2 aromatic carbocycles. The van der Waals surface area contributed by atoms with Gasteiger partial charge in [0.1, 0.15) is 0 Å². The third kappa shape index (κ3) is 3.55. The van der Waals surface area contributed by atoms with Crippen LogP contribution in [0.3, 0.4) is 0 Å². The lowest BCUT2D eigenvalue weighted by Crippen LogP contribution is -1.99. The van der Waals surface area contributed by atoms with Gasteiger partial charge in [-0.15, -0.1) is 0 Å². The first-order chi connectivity index (χ1) is 13.2. The monoisotopic (exact) mass is 358 g/mol. The van der Waals surface area contributed by atoms with Crippen LogP contribution in [0.25, 0.3) is 21.8 Å². The molecule has 4 rings (SSSR count). The molecule has 27 heavy (non-hydrogen) atoms. The summed E-state index contributed by atoms with van der Waals surface area (Å²) >= 11 is 0. The fourth-order valence-electron chi connectivity index (χ4n) is 3.86. The van der Waals surface area contributed by atoms with Crippen molar-refractivity contribution in [3.05, 3.63) is 71.4 Å². The van der Waals surface area contributed by atoms with Crippen molar-refractivity contribution in [3.8, 4) is 5.88 Å². The minimum absolute atomic E-state index is 0.695. The summed E-state index contributed by atoms with van der Waals surface area (Å²) in [5, 5.41) is 2.73. The standard InChI is InChI=1S/C24H26N2O/c1-17-10-12-22-20(15-17)21-16-18(2)11-13-23(21)26(22)14-5-4-7-19-8-6-9-24(25-19)27-3/h6,8-13,15-16H,4-5,7,14H2,1-3H3. The Labute approximate surface area is 160 Å². The lowest BCUT2D eigenvalue weighted by atomic mass is 10.1. The quantitative estimate of drug-likeness (QED) is 0.405. The van der Waals surface area contributed by atoms with Crippen molar-refractivity contribution in [2.45, 2.75) is 39.7 Å². The highest BCUT2D eigenvalue weighted by atomic mass is 16.5. The van der Waals surface area contributed by atoms with Gasteiger partial charge in [-0.3, -0.25) is 0 Å². The summed E-state index contributed by atoms with van der Waals surface area (Å²) in [6, 6.07) is 19.6. The fraction of sp³-hybridized carbons (Fsp3) is 0.292. The molecule has 0 spiro atoms. The maximum atomic E-state index is 5.22. The molecule has 4 aromatic rings. The van der Waals surface area contributed by atoms with E-state index in [1.54, 1.807) is 7.11 Å². The van der Waals surface area contributed by atoms with Crippen molar-refractivity contribution in [2.75, 3.05) is 7.11 Å². The highest BCUT2D eigenvalue weighted by Crippen LogP contribution is 2.31. The van der Waals surface area contributed by atoms with Gasteiger partial charge < -0.3 is 9.30 Å². The number of methoxy groups -OCH3 is 1. The van der Waals surface area contributed by atoms with Gasteiger partial charge in [-0.1, -0.05) is 29.3 Å². The van der Waals surface area contributed by atoms with Crippen LogP contribution in [0.2, 0.25) is 0 Å². The molecule has 0 bridgehead atoms. The van der Waals surface area contributed by atoms with Gasteiger partial charge in [0.2, 0.25) is 5.88 Å². The average molecular weight is 358 g/mol. The normalized spacial score (nSPS) is 11.4. The minimum Gasteiger partial charge on any atom is -0.481 e. The Balaban J connectivity index is 1.56. The van der Waals surface area contributed by atoms with Crippen molar-refractivity contribution >= 4 is 21.8 Å². The number of fused-ring (bicyclic) bond motifs is 3. The molecule has 0 amide bonds. The van der Waals surface area contributed by atoms with E-state index in [1.807, 2.05) is 12.1 Å². The number of aromatic nitrogens is 2. The van der Waals surface area contributed by atoms with Gasteiger partial charge in [0.15, 0.2) is 0 Å². The molecule has 0 saturated carbocycles. The second kappa shape index (κ2) is 7.43. The molecule has 0 unspecified atom stereocenters. The zero-order chi connectivity index (χ0) is 18.8. The first-order valence-electron chi connectivity index (χ1n) is 9.65. The Morgan fingerprint density at radius 2 is 1.52 bits per heavy atom. The van der Waals surface area contributed by atoms with Gasteiger partial charge in [-0.05, 0) is 63.4 Å². The first kappa shape index (κ1) is 17.6. The molecule has 0 aliphatic heterocycles. The Morgan fingerprint density at radius 1 is 0.852 bits per heavy atom. The summed E-state index contributed by atoms with van der Waals surface area (Å²) in [6.07, 6.45) is 3.21. The summed E-state index contributed by atoms with van der Waals surface area (Å²) in [5.74, 6) is 0.695. The number of benzene rings is 2. The molecular weight excluding hydrogens is 332 g/mol. The lowest BCUT2D eigenvalue weighted by molar-refractivity contribution is 0.396. The van der Waals surface area contributed by atoms with E-state index in [1.165, 1.54) is 32.9 Å². The van der Waals surface area contributed by atoms with Crippen molar-refractivity contribution in [2.24, 2.45) is 0 Å². The largest absolute Gasteiger partial charge is 0.481 e. The number of hydrogen-bond acceptors (Lipinski definition) is 2. The molecule has 2 heterocycles. The number of rotatable bonds is 6. The highest BCUT2D eigenvalue weighted by Gasteiger charge is 2.11. The van der Waals surface area contributed by atoms with Crippen LogP contribution >= 0.6 is 0 Å². The third-order valence-corrected chi connectivity index (χ3v) is 5.23. The Bertz CT molecular complexity index is 1040. The van der Waals surface area contributed by atoms with Crippen LogP contribution in [0.4, 0.5) is 0 Å². The Hall–Kier alpha value is -2.81. The molecular formula is C24H26N2O. The average Bonchev–Trinajstić information content (AvgIpc) is 2.97. The van der Waals surface area contributed by atoms with E-state index in [2.05, 4.69) is 65.9 Å². The number of hydrogen-bond donors (Lipinski definition) is 0. The van der Waals surface area contributed by atoms with E-state index < -0.39 is 0 Å². The van der Waals surface area contributed by atoms with Crippen LogP contribution in [0, 0.1) is 13.8 Å². The maximum absolute atomic E-state index is 5.22. The van der Waals surface area contributed by atoms with Gasteiger partial charge in [0, 0.05) is 40.1 Å². The van der Waals surface area contributed by atoms with E-state index in [0.717, 1.165) is 31.5 Å². The van der Waals surface area contributed by atoms with Gasteiger partial charge in [-0.25, -0.2) is 4.98 Å². The summed E-state index contributed by atoms with van der Waals surface area (Å²) in [7, 11) is 1.66. The number of aryl methyl sites for hydroxylation is 4. The number of pyridine rings is 1. The Morgan fingerprint density at radius 3 is 2.15 bits per heavy atom. The molecule has 3 heteroatoms. The molecule has 0 radical (unpaired) electrons. The zero-order valence-electron chi connectivity index (χ0n) is 16.3. The van der Waals surface area contributed by atoms with Crippen molar-refractivity contribution < 1.29 is 4.74 Å². The van der Waals surface area contributed by atoms with Gasteiger partial charge in [0.05, 0.1) is 7.11 Å². The second-order valence-electron chi connectivity index (χ2n) is 7.32. The Kier molecular flexibility index (Phi) is 4.85. The predicted molar refractivity (Wildman–Crippen MR) is 113 cm³/mol. The summed E-state index contributed by atoms with van der Waals surface area (Å²) in [4.78, 5) is 4.52. The smallest absolute Gasteiger partial charge is 0.213 e. The van der Waals surface area contributed by atoms with Crippen molar-refractivity contribution in [3.63, 3.8) is 0 Å². The van der Waals surface area contributed by atoms with Gasteiger partial charge in [-0.2, -0.15) is 0 Å². The van der Waals surface area contributed by atoms with E-state index in [-0.39, 0.29) is 0 Å². The van der Waals surface area contributed by atoms with Crippen LogP contribution in [0.1, 0.15) is 29.7 Å². The van der Waals surface area contributed by atoms with E-state index in [0.29, 0.717) is 5.88 Å². The minimum atomic E-state index is 0.695. The van der Waals surface area contributed by atoms with Gasteiger partial charge >= 0.3 is 0 Å². The van der Waals surface area contributed by atoms with Crippen LogP contribution < -0.4 is 4.74 Å². The van der Waals surface area contributed by atoms with Crippen LogP contribution in [0.5, 0.6) is 5.88 Å². The summed E-state index contributed by atoms with van der Waals surface area (Å²) in [6.45, 7) is 5.36. The predicted octanol–water partition coefficient (Wildman–Crippen LogP) is 5.84. The zero-order valence-corrected chi connectivity index (χ0v) is 16.3. The second-order valence-corrected chi connectivity index (χ2v) is 7.32. The van der Waals surface area contributed by atoms with Gasteiger partial charge in [0.25, 0.3) is 0 Å². The lowest BCUT2D eigenvalue weighted by Gasteiger charge is -2.08. The van der Waals surface area contributed by atoms with E-state index in [9.17, 15) is 0 Å². The van der Waals surface area contributed by atoms with Crippen LogP contribution in [-0.4, -0.2) is 16.7 Å². The number of unbranched alkanes of at least 4 members (excludes halogenated alkanes) is 1. The summed E-state index contributed by atoms with van der Waals surface area (Å²) < 4.78 is 7.70. The topological polar surface area (TPSA) is 27.1 Å². The fourth-order valence-corrected chi connectivity index (χ4v) is 3.86. The molecule has 3 nitrogen and oxygen atoms in total. The molecule has 0 N–H and O–H groups in total. The SMILES string of the molecule is COc1cccc(CCCCn2c3ccc(C)cc3c3cc(C)ccc32)n1. The maximum Gasteiger partial charge on any atom is 0.213 e. The van der Waals surface area contributed by atoms with Crippen LogP contribution in [-0.2, 0) is 13.0 Å². The molecule has 0 aliphatic rings. The molecule has 138 valence electrons. The third-order valence-electron chi connectivity index (χ3n) is 5.23. The highest BCUT2D eigenvalue weighted by molar-refractivity contribution is 6.08. The molecule has 0 aliphatic carbocycles. The number of ether oxygens (including phenoxy) is 1. The van der Waals surface area contributed by atoms with E-state index in [4.69, 9.17) is 4.74 Å². The van der Waals surface area contributed by atoms with Crippen molar-refractivity contribution in [1.82, 2.24) is 9.55 Å². The molecule has 2 aromatic heterocycles. The van der Waals surface area contributed by atoms with E-state index >= 15 is 0 Å².